The lowest BCUT2D eigenvalue weighted by Gasteiger charge is -2.31. The highest BCUT2D eigenvalue weighted by molar-refractivity contribution is 14.0. The predicted molar refractivity (Wildman–Crippen MR) is 119 cm³/mol. The summed E-state index contributed by atoms with van der Waals surface area (Å²) in [6.07, 6.45) is 6.90. The van der Waals surface area contributed by atoms with Gasteiger partial charge in [-0.1, -0.05) is 19.8 Å². The van der Waals surface area contributed by atoms with Gasteiger partial charge in [0, 0.05) is 40.8 Å². The maximum Gasteiger partial charge on any atom is 0.230 e. The topological polar surface area (TPSA) is 60.0 Å². The zero-order valence-electron chi connectivity index (χ0n) is 17.0. The SMILES string of the molecule is CN=C(NCC(C)CN1CCCC1)NCC1(C(=O)N(C)C)CCCC1.I. The van der Waals surface area contributed by atoms with E-state index >= 15 is 0 Å². The molecule has 1 saturated carbocycles. The molecule has 152 valence electrons. The van der Waals surface area contributed by atoms with Gasteiger partial charge in [-0.25, -0.2) is 0 Å². The Morgan fingerprint density at radius 1 is 1.15 bits per heavy atom. The highest BCUT2D eigenvalue weighted by Crippen LogP contribution is 2.38. The Morgan fingerprint density at radius 2 is 1.77 bits per heavy atom. The summed E-state index contributed by atoms with van der Waals surface area (Å²) in [7, 11) is 5.51. The van der Waals surface area contributed by atoms with Crippen LogP contribution >= 0.6 is 24.0 Å². The third-order valence-corrected chi connectivity index (χ3v) is 5.62. The number of nitrogens with one attached hydrogen (secondary N) is 2. The van der Waals surface area contributed by atoms with E-state index in [2.05, 4.69) is 27.4 Å². The Bertz CT molecular complexity index is 457. The summed E-state index contributed by atoms with van der Waals surface area (Å²) in [5.74, 6) is 1.64. The molecular formula is C19H38IN5O. The van der Waals surface area contributed by atoms with E-state index in [4.69, 9.17) is 0 Å². The molecule has 0 aromatic carbocycles. The smallest absolute Gasteiger partial charge is 0.230 e. The minimum absolute atomic E-state index is 0. The lowest BCUT2D eigenvalue weighted by atomic mass is 9.84. The van der Waals surface area contributed by atoms with Crippen molar-refractivity contribution in [3.63, 3.8) is 0 Å². The molecule has 1 aliphatic heterocycles. The molecule has 26 heavy (non-hydrogen) atoms. The van der Waals surface area contributed by atoms with Gasteiger partial charge in [0.25, 0.3) is 0 Å². The Morgan fingerprint density at radius 3 is 2.31 bits per heavy atom. The average Bonchev–Trinajstić information content (AvgIpc) is 3.26. The van der Waals surface area contributed by atoms with Crippen LogP contribution in [0, 0.1) is 11.3 Å². The Hall–Kier alpha value is -0.570. The van der Waals surface area contributed by atoms with Gasteiger partial charge in [0.1, 0.15) is 0 Å². The number of carbonyl (C=O) groups is 1. The van der Waals surface area contributed by atoms with Crippen LogP contribution in [0.15, 0.2) is 4.99 Å². The molecule has 1 aliphatic carbocycles. The number of nitrogens with zero attached hydrogens (tertiary/aromatic N) is 3. The van der Waals surface area contributed by atoms with E-state index in [1.54, 1.807) is 11.9 Å². The maximum absolute atomic E-state index is 12.6. The van der Waals surface area contributed by atoms with E-state index in [9.17, 15) is 4.79 Å². The van der Waals surface area contributed by atoms with Crippen molar-refractivity contribution < 1.29 is 4.79 Å². The zero-order chi connectivity index (χ0) is 18.3. The molecule has 2 fully saturated rings. The van der Waals surface area contributed by atoms with E-state index in [-0.39, 0.29) is 35.3 Å². The standard InChI is InChI=1S/C19H37N5O.HI/c1-16(14-24-11-7-8-12-24)13-21-18(20-2)22-15-19(9-5-6-10-19)17(25)23(3)4;/h16H,5-15H2,1-4H3,(H2,20,21,22);1H. The third-order valence-electron chi connectivity index (χ3n) is 5.62. The molecule has 0 bridgehead atoms. The summed E-state index contributed by atoms with van der Waals surface area (Å²) in [6.45, 7) is 7.49. The molecule has 1 saturated heterocycles. The number of halogens is 1. The van der Waals surface area contributed by atoms with Gasteiger partial charge in [0.15, 0.2) is 5.96 Å². The molecule has 2 aliphatic rings. The molecular weight excluding hydrogens is 441 g/mol. The van der Waals surface area contributed by atoms with E-state index in [1.807, 2.05) is 14.1 Å². The van der Waals surface area contributed by atoms with Gasteiger partial charge in [-0.2, -0.15) is 0 Å². The summed E-state index contributed by atoms with van der Waals surface area (Å²) >= 11 is 0. The second kappa shape index (κ2) is 11.3. The first kappa shape index (κ1) is 23.5. The lowest BCUT2D eigenvalue weighted by molar-refractivity contribution is -0.138. The summed E-state index contributed by atoms with van der Waals surface area (Å²) in [5, 5.41) is 6.85. The molecule has 1 amide bonds. The summed E-state index contributed by atoms with van der Waals surface area (Å²) < 4.78 is 0. The van der Waals surface area contributed by atoms with Crippen molar-refractivity contribution >= 4 is 35.8 Å². The largest absolute Gasteiger partial charge is 0.356 e. The van der Waals surface area contributed by atoms with Crippen LogP contribution in [0.2, 0.25) is 0 Å². The molecule has 1 heterocycles. The molecule has 2 rings (SSSR count). The van der Waals surface area contributed by atoms with Gasteiger partial charge in [0.05, 0.1) is 5.41 Å². The fourth-order valence-electron chi connectivity index (χ4n) is 4.21. The van der Waals surface area contributed by atoms with Crippen LogP contribution in [-0.4, -0.2) is 75.5 Å². The summed E-state index contributed by atoms with van der Waals surface area (Å²) in [5.41, 5.74) is -0.262. The minimum atomic E-state index is -0.262. The molecule has 1 atom stereocenters. The van der Waals surface area contributed by atoms with Crippen molar-refractivity contribution in [2.45, 2.75) is 45.4 Å². The van der Waals surface area contributed by atoms with Crippen molar-refractivity contribution in [3.05, 3.63) is 0 Å². The molecule has 6 nitrogen and oxygen atoms in total. The van der Waals surface area contributed by atoms with Crippen LogP contribution in [0.4, 0.5) is 0 Å². The first-order valence-electron chi connectivity index (χ1n) is 9.85. The van der Waals surface area contributed by atoms with E-state index in [0.717, 1.165) is 44.7 Å². The van der Waals surface area contributed by atoms with E-state index in [1.165, 1.54) is 25.9 Å². The van der Waals surface area contributed by atoms with Gasteiger partial charge in [0.2, 0.25) is 5.91 Å². The quantitative estimate of drug-likeness (QED) is 0.334. The van der Waals surface area contributed by atoms with Gasteiger partial charge in [-0.3, -0.25) is 9.79 Å². The number of guanidine groups is 1. The van der Waals surface area contributed by atoms with Crippen LogP contribution in [0.25, 0.3) is 0 Å². The molecule has 0 radical (unpaired) electrons. The maximum atomic E-state index is 12.6. The second-order valence-corrected chi connectivity index (χ2v) is 8.11. The fraction of sp³-hybridized carbons (Fsp3) is 0.895. The van der Waals surface area contributed by atoms with Crippen LogP contribution < -0.4 is 10.6 Å². The second-order valence-electron chi connectivity index (χ2n) is 8.11. The van der Waals surface area contributed by atoms with Gasteiger partial charge < -0.3 is 20.4 Å². The number of rotatable bonds is 7. The van der Waals surface area contributed by atoms with E-state index in [0.29, 0.717) is 12.5 Å². The third kappa shape index (κ3) is 6.55. The number of hydrogen-bond acceptors (Lipinski definition) is 3. The number of likely N-dealkylation sites (tertiary alicyclic amines) is 1. The molecule has 1 unspecified atom stereocenters. The van der Waals surface area contributed by atoms with Crippen LogP contribution in [0.5, 0.6) is 0 Å². The number of aliphatic imine (C=N–C) groups is 1. The molecule has 0 aromatic heterocycles. The Kier molecular flexibility index (Phi) is 10.2. The van der Waals surface area contributed by atoms with Crippen molar-refractivity contribution in [2.24, 2.45) is 16.3 Å². The molecule has 0 spiro atoms. The van der Waals surface area contributed by atoms with Crippen molar-refractivity contribution in [1.29, 1.82) is 0 Å². The summed E-state index contributed by atoms with van der Waals surface area (Å²) in [6, 6.07) is 0. The van der Waals surface area contributed by atoms with Crippen molar-refractivity contribution in [1.82, 2.24) is 20.4 Å². The number of hydrogen-bond donors (Lipinski definition) is 2. The minimum Gasteiger partial charge on any atom is -0.356 e. The van der Waals surface area contributed by atoms with Crippen LogP contribution in [-0.2, 0) is 4.79 Å². The Labute approximate surface area is 176 Å². The van der Waals surface area contributed by atoms with E-state index < -0.39 is 0 Å². The predicted octanol–water partition coefficient (Wildman–Crippen LogP) is 2.15. The lowest BCUT2D eigenvalue weighted by Crippen LogP contribution is -2.49. The van der Waals surface area contributed by atoms with Crippen molar-refractivity contribution in [3.8, 4) is 0 Å². The van der Waals surface area contributed by atoms with Gasteiger partial charge in [-0.05, 0) is 44.7 Å². The highest BCUT2D eigenvalue weighted by atomic mass is 127. The fourth-order valence-corrected chi connectivity index (χ4v) is 4.21. The van der Waals surface area contributed by atoms with Gasteiger partial charge >= 0.3 is 0 Å². The van der Waals surface area contributed by atoms with Gasteiger partial charge in [-0.15, -0.1) is 24.0 Å². The zero-order valence-corrected chi connectivity index (χ0v) is 19.3. The number of carbonyl (C=O) groups excluding carboxylic acids is 1. The normalized spacial score (nSPS) is 21.2. The summed E-state index contributed by atoms with van der Waals surface area (Å²) in [4.78, 5) is 21.3. The highest BCUT2D eigenvalue weighted by Gasteiger charge is 2.42. The molecule has 7 heteroatoms. The molecule has 0 aromatic rings. The van der Waals surface area contributed by atoms with Crippen LogP contribution in [0.3, 0.4) is 0 Å². The Balaban J connectivity index is 0.00000338. The monoisotopic (exact) mass is 479 g/mol. The first-order chi connectivity index (χ1) is 12.0. The van der Waals surface area contributed by atoms with Crippen molar-refractivity contribution in [2.75, 3.05) is 53.9 Å². The molecule has 2 N–H and O–H groups in total. The average molecular weight is 479 g/mol. The van der Waals surface area contributed by atoms with Crippen LogP contribution in [0.1, 0.15) is 45.4 Å². The number of amides is 1. The first-order valence-corrected chi connectivity index (χ1v) is 9.85.